The lowest BCUT2D eigenvalue weighted by Gasteiger charge is -2.25. The van der Waals surface area contributed by atoms with Crippen molar-refractivity contribution in [3.63, 3.8) is 0 Å². The van der Waals surface area contributed by atoms with Crippen molar-refractivity contribution in [3.8, 4) is 11.1 Å². The molecule has 1 aromatic heterocycles. The van der Waals surface area contributed by atoms with Crippen LogP contribution in [0.3, 0.4) is 0 Å². The molecule has 13 nitrogen and oxygen atoms in total. The molecule has 2 bridgehead atoms. The van der Waals surface area contributed by atoms with Gasteiger partial charge in [0.25, 0.3) is 0 Å². The summed E-state index contributed by atoms with van der Waals surface area (Å²) in [4.78, 5) is 79.6. The average Bonchev–Trinajstić information content (AvgIpc) is 3.66. The van der Waals surface area contributed by atoms with Crippen molar-refractivity contribution >= 4 is 52.5 Å². The Bertz CT molecular complexity index is 1870. The van der Waals surface area contributed by atoms with Gasteiger partial charge in [0.1, 0.15) is 24.2 Å². The van der Waals surface area contributed by atoms with E-state index >= 15 is 0 Å². The number of carboxylic acids is 1. The van der Waals surface area contributed by atoms with E-state index in [2.05, 4.69) is 26.6 Å². The van der Waals surface area contributed by atoms with E-state index in [1.165, 1.54) is 11.3 Å². The third-order valence-electron chi connectivity index (χ3n) is 8.46. The lowest BCUT2D eigenvalue weighted by atomic mass is 9.99. The Balaban J connectivity index is 1.44. The normalized spacial score (nSPS) is 20.8. The molecule has 0 fully saturated rings. The number of amides is 5. The van der Waals surface area contributed by atoms with Crippen LogP contribution in [-0.4, -0.2) is 76.5 Å². The first-order valence-corrected chi connectivity index (χ1v) is 17.6. The van der Waals surface area contributed by atoms with Crippen LogP contribution >= 0.6 is 11.3 Å². The molecule has 0 saturated carbocycles. The summed E-state index contributed by atoms with van der Waals surface area (Å²) < 4.78 is 0. The van der Waals surface area contributed by atoms with Crippen molar-refractivity contribution in [1.29, 1.82) is 0 Å². The number of anilines is 1. The molecule has 7 N–H and O–H groups in total. The highest BCUT2D eigenvalue weighted by molar-refractivity contribution is 7.09. The minimum absolute atomic E-state index is 0.0280. The summed E-state index contributed by atoms with van der Waals surface area (Å²) in [5.41, 5.74) is 3.51. The van der Waals surface area contributed by atoms with Crippen LogP contribution in [0.15, 0.2) is 96.4 Å². The van der Waals surface area contributed by atoms with Crippen LogP contribution in [0.1, 0.15) is 28.8 Å². The Morgan fingerprint density at radius 2 is 1.27 bits per heavy atom. The van der Waals surface area contributed by atoms with E-state index in [1.807, 2.05) is 47.8 Å². The SMILES string of the molecule is O=C1CCC(=O)N[C@H](Cc2cccs2)C(=O)N[C@@H](Cc2ccc(-c3ccccc3)cc2)C(=O)N[C@H](CO)C(=O)NC(C(=O)O)Cc2ccc(cc2)N1. The molecular formula is C38H39N5O8S. The van der Waals surface area contributed by atoms with Crippen LogP contribution in [0.5, 0.6) is 0 Å². The van der Waals surface area contributed by atoms with Gasteiger partial charge in [-0.25, -0.2) is 4.79 Å². The molecule has 4 atom stereocenters. The number of fused-ring (bicyclic) bond motifs is 18. The molecule has 0 aliphatic carbocycles. The summed E-state index contributed by atoms with van der Waals surface area (Å²) in [6, 6.07) is 21.5. The second kappa shape index (κ2) is 17.9. The monoisotopic (exact) mass is 725 g/mol. The van der Waals surface area contributed by atoms with Crippen molar-refractivity contribution in [3.05, 3.63) is 112 Å². The Labute approximate surface area is 303 Å². The Kier molecular flexibility index (Phi) is 12.9. The van der Waals surface area contributed by atoms with Crippen LogP contribution in [-0.2, 0) is 48.0 Å². The number of hydrogen-bond donors (Lipinski definition) is 7. The van der Waals surface area contributed by atoms with E-state index in [9.17, 15) is 39.0 Å². The minimum atomic E-state index is -1.55. The number of rotatable bonds is 7. The van der Waals surface area contributed by atoms with E-state index in [0.717, 1.165) is 16.0 Å². The lowest BCUT2D eigenvalue weighted by molar-refractivity contribution is -0.142. The molecule has 3 aromatic carbocycles. The Morgan fingerprint density at radius 1 is 0.654 bits per heavy atom. The number of carbonyl (C=O) groups excluding carboxylic acids is 5. The molecule has 0 spiro atoms. The maximum absolute atomic E-state index is 13.9. The summed E-state index contributed by atoms with van der Waals surface area (Å²) in [7, 11) is 0. The second-order valence-corrected chi connectivity index (χ2v) is 13.4. The van der Waals surface area contributed by atoms with E-state index < -0.39 is 66.3 Å². The summed E-state index contributed by atoms with van der Waals surface area (Å²) >= 11 is 1.38. The van der Waals surface area contributed by atoms with Gasteiger partial charge >= 0.3 is 5.97 Å². The Hall–Kier alpha value is -5.86. The fraction of sp³-hybridized carbons (Fsp3) is 0.263. The highest BCUT2D eigenvalue weighted by Gasteiger charge is 2.32. The molecule has 6 rings (SSSR count). The maximum Gasteiger partial charge on any atom is 0.326 e. The van der Waals surface area contributed by atoms with Crippen LogP contribution in [0.4, 0.5) is 5.69 Å². The maximum atomic E-state index is 13.9. The number of aliphatic carboxylic acids is 1. The van der Waals surface area contributed by atoms with Gasteiger partial charge in [-0.2, -0.15) is 0 Å². The fourth-order valence-corrected chi connectivity index (χ4v) is 6.39. The highest BCUT2D eigenvalue weighted by Crippen LogP contribution is 2.20. The fourth-order valence-electron chi connectivity index (χ4n) is 5.64. The number of aliphatic hydroxyl groups excluding tert-OH is 1. The molecule has 2 aliphatic rings. The van der Waals surface area contributed by atoms with Crippen molar-refractivity contribution in [2.45, 2.75) is 56.3 Å². The van der Waals surface area contributed by atoms with Crippen LogP contribution < -0.4 is 26.6 Å². The average molecular weight is 726 g/mol. The molecule has 5 amide bonds. The lowest BCUT2D eigenvalue weighted by Crippen LogP contribution is -2.59. The zero-order valence-corrected chi connectivity index (χ0v) is 28.9. The van der Waals surface area contributed by atoms with Crippen molar-refractivity contribution in [1.82, 2.24) is 21.3 Å². The van der Waals surface area contributed by atoms with Crippen LogP contribution in [0.2, 0.25) is 0 Å². The zero-order chi connectivity index (χ0) is 37.0. The number of carbonyl (C=O) groups is 6. The third kappa shape index (κ3) is 10.6. The molecule has 14 heteroatoms. The first-order chi connectivity index (χ1) is 25.1. The summed E-state index contributed by atoms with van der Waals surface area (Å²) in [5, 5.41) is 34.8. The molecule has 1 unspecified atom stereocenters. The van der Waals surface area contributed by atoms with E-state index in [1.54, 1.807) is 48.5 Å². The second-order valence-electron chi connectivity index (χ2n) is 12.3. The van der Waals surface area contributed by atoms with Crippen molar-refractivity contribution < 1.29 is 39.0 Å². The first kappa shape index (κ1) is 37.4. The molecular weight excluding hydrogens is 687 g/mol. The standard InChI is InChI=1S/C38H39N5O8S/c44-22-32-37(49)42-31(38(50)51)20-24-10-14-27(15-11-24)39-33(45)16-17-34(46)40-30(21-28-7-4-18-52-28)36(48)41-29(35(47)43-32)19-23-8-12-26(13-9-23)25-5-2-1-3-6-25/h1-15,18,29-32,44H,16-17,19-22H2,(H,39,45)(H,40,46)(H,41,48)(H,42,49)(H,43,47)(H,50,51)/t29-,30+,31?,32+/m0/s1. The molecule has 0 saturated heterocycles. The number of thiophene rings is 1. The van der Waals surface area contributed by atoms with Gasteiger partial charge < -0.3 is 36.8 Å². The molecule has 0 radical (unpaired) electrons. The largest absolute Gasteiger partial charge is 0.480 e. The number of nitrogens with one attached hydrogen (secondary N) is 5. The summed E-state index contributed by atoms with van der Waals surface area (Å²) in [5.74, 6) is -4.80. The number of aliphatic hydroxyl groups is 1. The zero-order valence-electron chi connectivity index (χ0n) is 28.0. The molecule has 52 heavy (non-hydrogen) atoms. The number of hydrogen-bond acceptors (Lipinski definition) is 8. The Morgan fingerprint density at radius 3 is 1.90 bits per heavy atom. The first-order valence-electron chi connectivity index (χ1n) is 16.7. The van der Waals surface area contributed by atoms with Gasteiger partial charge in [-0.05, 0) is 45.8 Å². The van der Waals surface area contributed by atoms with Gasteiger partial charge in [-0.1, -0.05) is 72.8 Å². The highest BCUT2D eigenvalue weighted by atomic mass is 32.1. The van der Waals surface area contributed by atoms with Gasteiger partial charge in [0, 0.05) is 42.7 Å². The molecule has 3 heterocycles. The quantitative estimate of drug-likeness (QED) is 0.141. The molecule has 2 aliphatic heterocycles. The van der Waals surface area contributed by atoms with Crippen molar-refractivity contribution in [2.75, 3.05) is 11.9 Å². The van der Waals surface area contributed by atoms with Gasteiger partial charge in [-0.15, -0.1) is 11.3 Å². The number of benzene rings is 3. The summed E-state index contributed by atoms with van der Waals surface area (Å²) in [6.07, 6.45) is -0.459. The van der Waals surface area contributed by atoms with Gasteiger partial charge in [0.05, 0.1) is 6.61 Å². The third-order valence-corrected chi connectivity index (χ3v) is 9.36. The number of carboxylic acid groups (broad SMARTS) is 1. The van der Waals surface area contributed by atoms with E-state index in [-0.39, 0.29) is 32.1 Å². The van der Waals surface area contributed by atoms with Crippen LogP contribution in [0.25, 0.3) is 11.1 Å². The van der Waals surface area contributed by atoms with Gasteiger partial charge in [0.15, 0.2) is 0 Å². The smallest absolute Gasteiger partial charge is 0.326 e. The topological polar surface area (TPSA) is 203 Å². The predicted molar refractivity (Wildman–Crippen MR) is 194 cm³/mol. The van der Waals surface area contributed by atoms with Crippen LogP contribution in [0, 0.1) is 0 Å². The summed E-state index contributed by atoms with van der Waals surface area (Å²) in [6.45, 7) is -0.859. The van der Waals surface area contributed by atoms with Gasteiger partial charge in [-0.3, -0.25) is 24.0 Å². The van der Waals surface area contributed by atoms with Gasteiger partial charge in [0.2, 0.25) is 29.5 Å². The predicted octanol–water partition coefficient (Wildman–Crippen LogP) is 2.19. The minimum Gasteiger partial charge on any atom is -0.480 e. The van der Waals surface area contributed by atoms with E-state index in [4.69, 9.17) is 0 Å². The van der Waals surface area contributed by atoms with Crippen molar-refractivity contribution in [2.24, 2.45) is 0 Å². The molecule has 270 valence electrons. The molecule has 4 aromatic rings. The van der Waals surface area contributed by atoms with E-state index in [0.29, 0.717) is 16.8 Å².